The van der Waals surface area contributed by atoms with Crippen LogP contribution < -0.4 is 0 Å². The van der Waals surface area contributed by atoms with Gasteiger partial charge in [-0.2, -0.15) is 13.2 Å². The van der Waals surface area contributed by atoms with Crippen molar-refractivity contribution in [3.63, 3.8) is 0 Å². The number of carbonyl (C=O) groups excluding carboxylic acids is 3. The number of benzene rings is 1. The smallest absolute Gasteiger partial charge is 0.337 e. The summed E-state index contributed by atoms with van der Waals surface area (Å²) in [5, 5.41) is 0. The van der Waals surface area contributed by atoms with Crippen LogP contribution in [0.5, 0.6) is 0 Å². The lowest BCUT2D eigenvalue weighted by molar-refractivity contribution is -0.137. The predicted octanol–water partition coefficient (Wildman–Crippen LogP) is 4.70. The van der Waals surface area contributed by atoms with Crippen LogP contribution in [0, 0.1) is 5.92 Å². The second-order valence-electron chi connectivity index (χ2n) is 6.75. The lowest BCUT2D eigenvalue weighted by Gasteiger charge is -2.31. The summed E-state index contributed by atoms with van der Waals surface area (Å²) in [5.41, 5.74) is -0.860. The first-order valence-electron chi connectivity index (χ1n) is 8.78. The average molecular weight is 409 g/mol. The molecule has 0 saturated carbocycles. The molecule has 1 aliphatic heterocycles. The third-order valence-electron chi connectivity index (χ3n) is 4.72. The number of ketones is 2. The summed E-state index contributed by atoms with van der Waals surface area (Å²) in [4.78, 5) is 39.3. The number of amides is 1. The minimum absolute atomic E-state index is 0.00381. The Kier molecular flexibility index (Phi) is 5.69. The highest BCUT2D eigenvalue weighted by Crippen LogP contribution is 2.31. The minimum Gasteiger partial charge on any atom is -0.337 e. The van der Waals surface area contributed by atoms with E-state index in [-0.39, 0.29) is 29.6 Å². The Balaban J connectivity index is 1.74. The van der Waals surface area contributed by atoms with E-state index < -0.39 is 17.7 Å². The molecule has 28 heavy (non-hydrogen) atoms. The van der Waals surface area contributed by atoms with Gasteiger partial charge in [0.1, 0.15) is 0 Å². The monoisotopic (exact) mass is 409 g/mol. The Hall–Kier alpha value is -2.48. The molecular formula is C20H18F3NO3S. The number of piperidine rings is 1. The lowest BCUT2D eigenvalue weighted by Crippen LogP contribution is -2.42. The first kappa shape index (κ1) is 20.3. The molecule has 0 bridgehead atoms. The zero-order valence-corrected chi connectivity index (χ0v) is 15.9. The third-order valence-corrected chi connectivity index (χ3v) is 5.89. The normalized spacial score (nSPS) is 17.4. The highest BCUT2D eigenvalue weighted by atomic mass is 32.1. The van der Waals surface area contributed by atoms with Gasteiger partial charge in [-0.15, -0.1) is 11.3 Å². The van der Waals surface area contributed by atoms with Crippen molar-refractivity contribution in [2.24, 2.45) is 5.92 Å². The summed E-state index contributed by atoms with van der Waals surface area (Å²) in [6.45, 7) is 2.05. The van der Waals surface area contributed by atoms with Crippen LogP contribution in [-0.4, -0.2) is 35.5 Å². The van der Waals surface area contributed by atoms with Gasteiger partial charge in [0.15, 0.2) is 11.6 Å². The first-order chi connectivity index (χ1) is 13.2. The number of nitrogens with zero attached hydrogens (tertiary/aromatic N) is 1. The molecule has 2 heterocycles. The Morgan fingerprint density at radius 2 is 1.82 bits per heavy atom. The quantitative estimate of drug-likeness (QED) is 0.688. The van der Waals surface area contributed by atoms with Gasteiger partial charge in [0.05, 0.1) is 15.3 Å². The molecule has 4 nitrogen and oxygen atoms in total. The molecule has 3 rings (SSSR count). The van der Waals surface area contributed by atoms with E-state index in [1.54, 1.807) is 12.1 Å². The fraction of sp³-hybridized carbons (Fsp3) is 0.350. The molecule has 1 fully saturated rings. The zero-order valence-electron chi connectivity index (χ0n) is 15.1. The van der Waals surface area contributed by atoms with E-state index in [0.29, 0.717) is 29.1 Å². The van der Waals surface area contributed by atoms with Crippen LogP contribution in [0.2, 0.25) is 0 Å². The van der Waals surface area contributed by atoms with Gasteiger partial charge in [0, 0.05) is 24.6 Å². The molecule has 1 atom stereocenters. The van der Waals surface area contributed by atoms with Gasteiger partial charge in [-0.1, -0.05) is 12.1 Å². The number of carbonyl (C=O) groups is 3. The molecule has 2 aromatic rings. The molecule has 0 unspecified atom stereocenters. The van der Waals surface area contributed by atoms with Gasteiger partial charge in [-0.25, -0.2) is 0 Å². The Bertz CT molecular complexity index is 919. The number of alkyl halides is 3. The summed E-state index contributed by atoms with van der Waals surface area (Å²) < 4.78 is 38.7. The van der Waals surface area contributed by atoms with Crippen LogP contribution in [0.25, 0.3) is 0 Å². The van der Waals surface area contributed by atoms with Gasteiger partial charge in [-0.3, -0.25) is 14.4 Å². The number of hydrogen-bond acceptors (Lipinski definition) is 4. The fourth-order valence-corrected chi connectivity index (χ4v) is 4.13. The van der Waals surface area contributed by atoms with Gasteiger partial charge in [0.2, 0.25) is 0 Å². The molecule has 0 radical (unpaired) electrons. The van der Waals surface area contributed by atoms with Crippen LogP contribution in [0.1, 0.15) is 55.0 Å². The molecule has 1 amide bonds. The molecule has 1 aromatic carbocycles. The third kappa shape index (κ3) is 4.32. The van der Waals surface area contributed by atoms with Gasteiger partial charge in [0.25, 0.3) is 5.91 Å². The summed E-state index contributed by atoms with van der Waals surface area (Å²) in [6.07, 6.45) is -3.41. The summed E-state index contributed by atoms with van der Waals surface area (Å²) in [5.74, 6) is -1.33. The van der Waals surface area contributed by atoms with Crippen molar-refractivity contribution >= 4 is 28.8 Å². The summed E-state index contributed by atoms with van der Waals surface area (Å²) >= 11 is 1.10. The van der Waals surface area contributed by atoms with Crippen LogP contribution >= 0.6 is 11.3 Å². The van der Waals surface area contributed by atoms with Crippen LogP contribution in [0.3, 0.4) is 0 Å². The first-order valence-corrected chi connectivity index (χ1v) is 9.60. The molecule has 0 spiro atoms. The van der Waals surface area contributed by atoms with E-state index in [2.05, 4.69) is 0 Å². The van der Waals surface area contributed by atoms with Crippen molar-refractivity contribution < 1.29 is 27.6 Å². The van der Waals surface area contributed by atoms with E-state index in [1.807, 2.05) is 0 Å². The topological polar surface area (TPSA) is 54.5 Å². The minimum atomic E-state index is -4.52. The Morgan fingerprint density at radius 3 is 2.46 bits per heavy atom. The van der Waals surface area contributed by atoms with Crippen LogP contribution in [0.15, 0.2) is 36.4 Å². The van der Waals surface area contributed by atoms with Gasteiger partial charge in [-0.05, 0) is 44.0 Å². The second kappa shape index (κ2) is 7.87. The highest BCUT2D eigenvalue weighted by molar-refractivity contribution is 7.15. The molecular weight excluding hydrogens is 391 g/mol. The van der Waals surface area contributed by atoms with Crippen molar-refractivity contribution in [1.82, 2.24) is 4.90 Å². The number of thiophene rings is 1. The Labute approximate surface area is 164 Å². The molecule has 1 aromatic heterocycles. The van der Waals surface area contributed by atoms with E-state index in [9.17, 15) is 27.6 Å². The predicted molar refractivity (Wildman–Crippen MR) is 98.7 cm³/mol. The maximum absolute atomic E-state index is 12.9. The maximum Gasteiger partial charge on any atom is 0.416 e. The zero-order chi connectivity index (χ0) is 20.5. The van der Waals surface area contributed by atoms with Crippen LogP contribution in [-0.2, 0) is 6.18 Å². The van der Waals surface area contributed by atoms with Crippen molar-refractivity contribution in [3.8, 4) is 0 Å². The number of likely N-dealkylation sites (tertiary alicyclic amines) is 1. The van der Waals surface area contributed by atoms with Crippen molar-refractivity contribution in [2.75, 3.05) is 13.1 Å². The Morgan fingerprint density at radius 1 is 1.11 bits per heavy atom. The SMILES string of the molecule is CC(=O)c1ccc(C(=O)N2CCC[C@H](C(=O)c3cccc(C(F)(F)F)c3)C2)s1. The van der Waals surface area contributed by atoms with E-state index in [4.69, 9.17) is 0 Å². The lowest BCUT2D eigenvalue weighted by atomic mass is 9.89. The number of rotatable bonds is 4. The van der Waals surface area contributed by atoms with Gasteiger partial charge < -0.3 is 4.90 Å². The fourth-order valence-electron chi connectivity index (χ4n) is 3.26. The molecule has 8 heteroatoms. The number of halogens is 3. The molecule has 148 valence electrons. The van der Waals surface area contributed by atoms with E-state index in [1.165, 1.54) is 24.0 Å². The number of hydrogen-bond donors (Lipinski definition) is 0. The molecule has 0 aliphatic carbocycles. The summed E-state index contributed by atoms with van der Waals surface area (Å²) in [7, 11) is 0. The van der Waals surface area contributed by atoms with E-state index in [0.717, 1.165) is 23.5 Å². The molecule has 1 saturated heterocycles. The van der Waals surface area contributed by atoms with Crippen molar-refractivity contribution in [1.29, 1.82) is 0 Å². The second-order valence-corrected chi connectivity index (χ2v) is 7.84. The maximum atomic E-state index is 12.9. The standard InChI is InChI=1S/C20H18F3NO3S/c1-12(25)16-7-8-17(28-16)19(27)24-9-3-5-14(11-24)18(26)13-4-2-6-15(10-13)20(21,22)23/h2,4,6-8,10,14H,3,5,9,11H2,1H3/t14-/m0/s1. The summed E-state index contributed by atoms with van der Waals surface area (Å²) in [6, 6.07) is 7.56. The van der Waals surface area contributed by atoms with Gasteiger partial charge >= 0.3 is 6.18 Å². The largest absolute Gasteiger partial charge is 0.416 e. The highest BCUT2D eigenvalue weighted by Gasteiger charge is 2.33. The average Bonchev–Trinajstić information content (AvgIpc) is 3.17. The van der Waals surface area contributed by atoms with Crippen LogP contribution in [0.4, 0.5) is 13.2 Å². The van der Waals surface area contributed by atoms with E-state index >= 15 is 0 Å². The van der Waals surface area contributed by atoms with Crippen molar-refractivity contribution in [3.05, 3.63) is 57.3 Å². The molecule has 0 N–H and O–H groups in total. The van der Waals surface area contributed by atoms with Crippen molar-refractivity contribution in [2.45, 2.75) is 25.9 Å². The number of Topliss-reactive ketones (excluding diaryl/α,β-unsaturated/α-hetero) is 2. The molecule has 1 aliphatic rings.